The molecule has 1 aromatic carbocycles. The van der Waals surface area contributed by atoms with E-state index in [1.165, 1.54) is 0 Å². The minimum absolute atomic E-state index is 0.0443. The van der Waals surface area contributed by atoms with Gasteiger partial charge in [0, 0.05) is 48.3 Å². The van der Waals surface area contributed by atoms with Crippen molar-refractivity contribution in [3.63, 3.8) is 0 Å². The molecular weight excluding hydrogens is 380 g/mol. The lowest BCUT2D eigenvalue weighted by Gasteiger charge is -2.17. The lowest BCUT2D eigenvalue weighted by molar-refractivity contribution is -0.125. The number of carbonyl (C=O) groups is 1. The molecule has 1 fully saturated rings. The standard InChI is InChI=1S/C16H18BrClN4O/c1-22-9-11(6-21-22)13-7-19-8-14(13)16(23)20-5-10-2-3-12(17)4-15(10)18/h2-4,6,9,13-14,19H,5,7-8H2,1H3,(H,20,23)/t13-,14+/m1/s1. The summed E-state index contributed by atoms with van der Waals surface area (Å²) < 4.78 is 2.69. The van der Waals surface area contributed by atoms with Crippen LogP contribution in [0.15, 0.2) is 35.1 Å². The molecule has 1 saturated heterocycles. The van der Waals surface area contributed by atoms with Crippen molar-refractivity contribution in [1.82, 2.24) is 20.4 Å². The molecule has 122 valence electrons. The largest absolute Gasteiger partial charge is 0.352 e. The van der Waals surface area contributed by atoms with E-state index in [0.717, 1.165) is 22.1 Å². The average molecular weight is 398 g/mol. The first-order chi connectivity index (χ1) is 11.0. The van der Waals surface area contributed by atoms with Gasteiger partial charge in [-0.2, -0.15) is 5.10 Å². The number of nitrogens with one attached hydrogen (secondary N) is 2. The van der Waals surface area contributed by atoms with Crippen molar-refractivity contribution in [2.45, 2.75) is 12.5 Å². The fraction of sp³-hybridized carbons (Fsp3) is 0.375. The van der Waals surface area contributed by atoms with Crippen molar-refractivity contribution in [2.24, 2.45) is 13.0 Å². The first-order valence-electron chi connectivity index (χ1n) is 7.45. The second-order valence-corrected chi connectivity index (χ2v) is 7.09. The second kappa shape index (κ2) is 7.03. The van der Waals surface area contributed by atoms with Gasteiger partial charge in [0.15, 0.2) is 0 Å². The maximum absolute atomic E-state index is 12.6. The zero-order chi connectivity index (χ0) is 16.4. The van der Waals surface area contributed by atoms with Crippen LogP contribution in [0, 0.1) is 5.92 Å². The Kier molecular flexibility index (Phi) is 5.04. The Hall–Kier alpha value is -1.37. The normalized spacial score (nSPS) is 20.7. The van der Waals surface area contributed by atoms with Crippen LogP contribution in [0.1, 0.15) is 17.0 Å². The smallest absolute Gasteiger partial charge is 0.225 e. The van der Waals surface area contributed by atoms with Gasteiger partial charge in [0.05, 0.1) is 12.1 Å². The van der Waals surface area contributed by atoms with Crippen LogP contribution in [0.5, 0.6) is 0 Å². The number of hydrogen-bond donors (Lipinski definition) is 2. The summed E-state index contributed by atoms with van der Waals surface area (Å²) in [4.78, 5) is 12.6. The quantitative estimate of drug-likeness (QED) is 0.833. The highest BCUT2D eigenvalue weighted by molar-refractivity contribution is 9.10. The van der Waals surface area contributed by atoms with Gasteiger partial charge in [-0.1, -0.05) is 33.6 Å². The zero-order valence-electron chi connectivity index (χ0n) is 12.7. The summed E-state index contributed by atoms with van der Waals surface area (Å²) in [5, 5.41) is 11.1. The van der Waals surface area contributed by atoms with Gasteiger partial charge >= 0.3 is 0 Å². The zero-order valence-corrected chi connectivity index (χ0v) is 15.1. The van der Waals surface area contributed by atoms with E-state index < -0.39 is 0 Å². The summed E-state index contributed by atoms with van der Waals surface area (Å²) in [6.07, 6.45) is 3.81. The lowest BCUT2D eigenvalue weighted by atomic mass is 9.90. The molecule has 1 aliphatic rings. The molecule has 1 amide bonds. The molecule has 2 N–H and O–H groups in total. The molecule has 5 nitrogen and oxygen atoms in total. The van der Waals surface area contributed by atoms with Crippen LogP contribution in [-0.4, -0.2) is 28.8 Å². The summed E-state index contributed by atoms with van der Waals surface area (Å²) in [5.74, 6) is 0.111. The van der Waals surface area contributed by atoms with E-state index >= 15 is 0 Å². The minimum atomic E-state index is -0.0894. The molecule has 23 heavy (non-hydrogen) atoms. The molecule has 1 aromatic heterocycles. The van der Waals surface area contributed by atoms with Crippen molar-refractivity contribution >= 4 is 33.4 Å². The van der Waals surface area contributed by atoms with Gasteiger partial charge < -0.3 is 10.6 Å². The van der Waals surface area contributed by atoms with Crippen LogP contribution in [-0.2, 0) is 18.4 Å². The molecule has 2 atom stereocenters. The summed E-state index contributed by atoms with van der Waals surface area (Å²) in [6, 6.07) is 5.67. The van der Waals surface area contributed by atoms with Crippen LogP contribution >= 0.6 is 27.5 Å². The predicted molar refractivity (Wildman–Crippen MR) is 93.3 cm³/mol. The van der Waals surface area contributed by atoms with Gasteiger partial charge in [0.1, 0.15) is 0 Å². The molecule has 0 saturated carbocycles. The molecule has 0 radical (unpaired) electrons. The van der Waals surface area contributed by atoms with Gasteiger partial charge in [-0.15, -0.1) is 0 Å². The fourth-order valence-corrected chi connectivity index (χ4v) is 3.65. The fourth-order valence-electron chi connectivity index (χ4n) is 2.91. The molecule has 1 aliphatic heterocycles. The monoisotopic (exact) mass is 396 g/mol. The SMILES string of the molecule is Cn1cc([C@H]2CNC[C@@H]2C(=O)NCc2ccc(Br)cc2Cl)cn1. The Morgan fingerprint density at radius 3 is 3.04 bits per heavy atom. The topological polar surface area (TPSA) is 59.0 Å². The first kappa shape index (κ1) is 16.5. The number of halogens is 2. The summed E-state index contributed by atoms with van der Waals surface area (Å²) >= 11 is 9.57. The molecule has 0 spiro atoms. The van der Waals surface area contributed by atoms with Gasteiger partial charge in [-0.25, -0.2) is 0 Å². The molecular formula is C16H18BrClN4O. The second-order valence-electron chi connectivity index (χ2n) is 5.77. The number of carbonyl (C=O) groups excluding carboxylic acids is 1. The van der Waals surface area contributed by atoms with Crippen molar-refractivity contribution in [3.8, 4) is 0 Å². The van der Waals surface area contributed by atoms with E-state index in [1.807, 2.05) is 37.6 Å². The van der Waals surface area contributed by atoms with Crippen molar-refractivity contribution < 1.29 is 4.79 Å². The van der Waals surface area contributed by atoms with E-state index in [4.69, 9.17) is 11.6 Å². The van der Waals surface area contributed by atoms with Crippen LogP contribution in [0.4, 0.5) is 0 Å². The number of aryl methyl sites for hydroxylation is 1. The third-order valence-corrected chi connectivity index (χ3v) is 5.02. The van der Waals surface area contributed by atoms with Gasteiger partial charge in [0.25, 0.3) is 0 Å². The third kappa shape index (κ3) is 3.76. The minimum Gasteiger partial charge on any atom is -0.352 e. The van der Waals surface area contributed by atoms with Crippen molar-refractivity contribution in [3.05, 3.63) is 51.2 Å². The van der Waals surface area contributed by atoms with Gasteiger partial charge in [0.2, 0.25) is 5.91 Å². The van der Waals surface area contributed by atoms with E-state index in [2.05, 4.69) is 31.7 Å². The van der Waals surface area contributed by atoms with Gasteiger partial charge in [-0.05, 0) is 23.3 Å². The Bertz CT molecular complexity index is 718. The summed E-state index contributed by atoms with van der Waals surface area (Å²) in [5.41, 5.74) is 2.01. The molecule has 0 unspecified atom stereocenters. The molecule has 7 heteroatoms. The number of hydrogen-bond acceptors (Lipinski definition) is 3. The molecule has 0 bridgehead atoms. The van der Waals surface area contributed by atoms with E-state index in [1.54, 1.807) is 4.68 Å². The predicted octanol–water partition coefficient (Wildman–Crippen LogP) is 2.46. The van der Waals surface area contributed by atoms with Crippen LogP contribution in [0.25, 0.3) is 0 Å². The van der Waals surface area contributed by atoms with E-state index in [9.17, 15) is 4.79 Å². The lowest BCUT2D eigenvalue weighted by Crippen LogP contribution is -2.34. The average Bonchev–Trinajstić information content (AvgIpc) is 3.14. The first-order valence-corrected chi connectivity index (χ1v) is 8.62. The highest BCUT2D eigenvalue weighted by Gasteiger charge is 2.34. The highest BCUT2D eigenvalue weighted by atomic mass is 79.9. The Morgan fingerprint density at radius 2 is 2.35 bits per heavy atom. The molecule has 0 aliphatic carbocycles. The van der Waals surface area contributed by atoms with Gasteiger partial charge in [-0.3, -0.25) is 9.48 Å². The van der Waals surface area contributed by atoms with Crippen LogP contribution in [0.3, 0.4) is 0 Å². The number of nitrogens with zero attached hydrogens (tertiary/aromatic N) is 2. The highest BCUT2D eigenvalue weighted by Crippen LogP contribution is 2.28. The number of amides is 1. The van der Waals surface area contributed by atoms with Crippen LogP contribution < -0.4 is 10.6 Å². The number of benzene rings is 1. The maximum Gasteiger partial charge on any atom is 0.225 e. The molecule has 3 rings (SSSR count). The molecule has 2 heterocycles. The Labute approximate surface area is 148 Å². The summed E-state index contributed by atoms with van der Waals surface area (Å²) in [7, 11) is 1.89. The third-order valence-electron chi connectivity index (χ3n) is 4.17. The Balaban J connectivity index is 1.65. The van der Waals surface area contributed by atoms with E-state index in [-0.39, 0.29) is 17.7 Å². The van der Waals surface area contributed by atoms with Crippen molar-refractivity contribution in [2.75, 3.05) is 13.1 Å². The summed E-state index contributed by atoms with van der Waals surface area (Å²) in [6.45, 7) is 1.91. The maximum atomic E-state index is 12.6. The molecule has 2 aromatic rings. The van der Waals surface area contributed by atoms with Crippen molar-refractivity contribution in [1.29, 1.82) is 0 Å². The number of rotatable bonds is 4. The Morgan fingerprint density at radius 1 is 1.52 bits per heavy atom. The van der Waals surface area contributed by atoms with Crippen LogP contribution in [0.2, 0.25) is 5.02 Å². The number of aromatic nitrogens is 2. The van der Waals surface area contributed by atoms with E-state index in [0.29, 0.717) is 18.1 Å².